The normalized spacial score (nSPS) is 23.3. The second-order valence-electron chi connectivity index (χ2n) is 4.95. The van der Waals surface area contributed by atoms with Crippen LogP contribution in [0.2, 0.25) is 0 Å². The van der Waals surface area contributed by atoms with Gasteiger partial charge in [-0.05, 0) is 44.0 Å². The summed E-state index contributed by atoms with van der Waals surface area (Å²) in [4.78, 5) is 0. The quantitative estimate of drug-likeness (QED) is 0.894. The van der Waals surface area contributed by atoms with E-state index in [-0.39, 0.29) is 11.4 Å². The average molecular weight is 253 g/mol. The molecule has 1 aliphatic heterocycles. The molecule has 1 heterocycles. The van der Waals surface area contributed by atoms with E-state index in [0.29, 0.717) is 12.4 Å². The predicted molar refractivity (Wildman–Crippen MR) is 68.3 cm³/mol. The van der Waals surface area contributed by atoms with Crippen molar-refractivity contribution in [3.63, 3.8) is 0 Å². The fourth-order valence-corrected chi connectivity index (χ4v) is 2.64. The lowest BCUT2D eigenvalue weighted by atomic mass is 9.88. The first-order chi connectivity index (χ1) is 8.60. The molecule has 100 valence electrons. The molecule has 1 unspecified atom stereocenters. The molecular weight excluding hydrogens is 233 g/mol. The molecular formula is C14H20FNO2. The summed E-state index contributed by atoms with van der Waals surface area (Å²) in [6.07, 6.45) is 2.08. The first-order valence-electron chi connectivity index (χ1n) is 6.21. The molecule has 3 nitrogen and oxygen atoms in total. The van der Waals surface area contributed by atoms with Gasteiger partial charge in [0.25, 0.3) is 0 Å². The van der Waals surface area contributed by atoms with E-state index in [9.17, 15) is 4.39 Å². The van der Waals surface area contributed by atoms with Crippen LogP contribution in [0.25, 0.3) is 0 Å². The molecule has 4 heteroatoms. The third-order valence-corrected chi connectivity index (χ3v) is 3.58. The van der Waals surface area contributed by atoms with Gasteiger partial charge in [-0.25, -0.2) is 4.39 Å². The summed E-state index contributed by atoms with van der Waals surface area (Å²) in [7, 11) is 3.12. The minimum atomic E-state index is -0.322. The summed E-state index contributed by atoms with van der Waals surface area (Å²) >= 11 is 0. The van der Waals surface area contributed by atoms with Gasteiger partial charge in [-0.1, -0.05) is 0 Å². The standard InChI is InChI=1S/C14H20FNO2/c1-14(5-4-6-16-14)11-7-10(9-17-2)8-12(15)13(11)18-3/h7-8,16H,4-6,9H2,1-3H3. The smallest absolute Gasteiger partial charge is 0.165 e. The van der Waals surface area contributed by atoms with Crippen molar-refractivity contribution in [3.8, 4) is 5.75 Å². The van der Waals surface area contributed by atoms with E-state index in [4.69, 9.17) is 9.47 Å². The maximum Gasteiger partial charge on any atom is 0.165 e. The topological polar surface area (TPSA) is 30.5 Å². The minimum absolute atomic E-state index is 0.212. The third-order valence-electron chi connectivity index (χ3n) is 3.58. The molecule has 0 aliphatic carbocycles. The third kappa shape index (κ3) is 2.35. The van der Waals surface area contributed by atoms with Crippen LogP contribution in [-0.2, 0) is 16.9 Å². The Morgan fingerprint density at radius 1 is 1.39 bits per heavy atom. The fourth-order valence-electron chi connectivity index (χ4n) is 2.64. The number of halogens is 1. The number of rotatable bonds is 4. The van der Waals surface area contributed by atoms with E-state index in [2.05, 4.69) is 12.2 Å². The van der Waals surface area contributed by atoms with Gasteiger partial charge in [0, 0.05) is 18.2 Å². The predicted octanol–water partition coefficient (Wildman–Crippen LogP) is 2.58. The van der Waals surface area contributed by atoms with Gasteiger partial charge < -0.3 is 14.8 Å². The zero-order valence-corrected chi connectivity index (χ0v) is 11.2. The van der Waals surface area contributed by atoms with Gasteiger partial charge in [0.15, 0.2) is 11.6 Å². The Balaban J connectivity index is 2.48. The van der Waals surface area contributed by atoms with Crippen LogP contribution in [0.4, 0.5) is 4.39 Å². The number of benzene rings is 1. The lowest BCUT2D eigenvalue weighted by Crippen LogP contribution is -2.34. The van der Waals surface area contributed by atoms with Crippen LogP contribution in [-0.4, -0.2) is 20.8 Å². The molecule has 0 saturated carbocycles. The average Bonchev–Trinajstić information content (AvgIpc) is 2.77. The fraction of sp³-hybridized carbons (Fsp3) is 0.571. The SMILES string of the molecule is COCc1cc(F)c(OC)c(C2(C)CCCN2)c1. The monoisotopic (exact) mass is 253 g/mol. The highest BCUT2D eigenvalue weighted by molar-refractivity contribution is 5.43. The summed E-state index contributed by atoms with van der Waals surface area (Å²) in [5.41, 5.74) is 1.51. The van der Waals surface area contributed by atoms with Crippen molar-refractivity contribution >= 4 is 0 Å². The van der Waals surface area contributed by atoms with Crippen molar-refractivity contribution in [1.82, 2.24) is 5.32 Å². The van der Waals surface area contributed by atoms with Gasteiger partial charge in [0.05, 0.1) is 13.7 Å². The maximum absolute atomic E-state index is 14.0. The summed E-state index contributed by atoms with van der Waals surface area (Å²) in [6, 6.07) is 3.45. The van der Waals surface area contributed by atoms with Gasteiger partial charge in [-0.15, -0.1) is 0 Å². The Morgan fingerprint density at radius 2 is 2.17 bits per heavy atom. The van der Waals surface area contributed by atoms with E-state index >= 15 is 0 Å². The zero-order valence-electron chi connectivity index (χ0n) is 11.2. The van der Waals surface area contributed by atoms with Crippen LogP contribution in [0.1, 0.15) is 30.9 Å². The van der Waals surface area contributed by atoms with Crippen LogP contribution in [0.3, 0.4) is 0 Å². The number of hydrogen-bond acceptors (Lipinski definition) is 3. The van der Waals surface area contributed by atoms with Gasteiger partial charge in [0.2, 0.25) is 0 Å². The van der Waals surface area contributed by atoms with E-state index in [1.165, 1.54) is 13.2 Å². The van der Waals surface area contributed by atoms with E-state index in [1.54, 1.807) is 7.11 Å². The van der Waals surface area contributed by atoms with Crippen molar-refractivity contribution in [3.05, 3.63) is 29.1 Å². The first kappa shape index (κ1) is 13.3. The van der Waals surface area contributed by atoms with Gasteiger partial charge >= 0.3 is 0 Å². The lowest BCUT2D eigenvalue weighted by Gasteiger charge is -2.27. The Hall–Kier alpha value is -1.13. The van der Waals surface area contributed by atoms with Crippen molar-refractivity contribution < 1.29 is 13.9 Å². The van der Waals surface area contributed by atoms with Crippen LogP contribution in [0.15, 0.2) is 12.1 Å². The van der Waals surface area contributed by atoms with Crippen LogP contribution < -0.4 is 10.1 Å². The van der Waals surface area contributed by atoms with Crippen LogP contribution >= 0.6 is 0 Å². The summed E-state index contributed by atoms with van der Waals surface area (Å²) < 4.78 is 24.4. The van der Waals surface area contributed by atoms with E-state index in [0.717, 1.165) is 30.5 Å². The molecule has 0 radical (unpaired) electrons. The van der Waals surface area contributed by atoms with Crippen molar-refractivity contribution in [2.75, 3.05) is 20.8 Å². The largest absolute Gasteiger partial charge is 0.493 e. The molecule has 18 heavy (non-hydrogen) atoms. The molecule has 1 atom stereocenters. The molecule has 0 amide bonds. The first-order valence-corrected chi connectivity index (χ1v) is 6.21. The van der Waals surface area contributed by atoms with E-state index < -0.39 is 0 Å². The van der Waals surface area contributed by atoms with Crippen molar-refractivity contribution in [2.24, 2.45) is 0 Å². The molecule has 0 bridgehead atoms. The Bertz CT molecular complexity index is 428. The molecule has 1 saturated heterocycles. The van der Waals surface area contributed by atoms with Crippen molar-refractivity contribution in [1.29, 1.82) is 0 Å². The second-order valence-corrected chi connectivity index (χ2v) is 4.95. The Morgan fingerprint density at radius 3 is 2.72 bits per heavy atom. The second kappa shape index (κ2) is 5.24. The number of hydrogen-bond donors (Lipinski definition) is 1. The van der Waals surface area contributed by atoms with Crippen molar-refractivity contribution in [2.45, 2.75) is 31.9 Å². The zero-order chi connectivity index (χ0) is 13.2. The Kier molecular flexibility index (Phi) is 3.88. The lowest BCUT2D eigenvalue weighted by molar-refractivity contribution is 0.184. The highest BCUT2D eigenvalue weighted by Crippen LogP contribution is 2.38. The molecule has 2 rings (SSSR count). The molecule has 1 aliphatic rings. The maximum atomic E-state index is 14.0. The minimum Gasteiger partial charge on any atom is -0.493 e. The van der Waals surface area contributed by atoms with Crippen LogP contribution in [0.5, 0.6) is 5.75 Å². The van der Waals surface area contributed by atoms with E-state index in [1.807, 2.05) is 6.07 Å². The molecule has 1 fully saturated rings. The summed E-state index contributed by atoms with van der Waals surface area (Å²) in [5.74, 6) is 0.0173. The van der Waals surface area contributed by atoms with Gasteiger partial charge in [-0.2, -0.15) is 0 Å². The molecule has 1 aromatic rings. The Labute approximate surface area is 107 Å². The highest BCUT2D eigenvalue weighted by Gasteiger charge is 2.34. The molecule has 1 aromatic carbocycles. The molecule has 0 aromatic heterocycles. The number of methoxy groups -OCH3 is 2. The number of ether oxygens (including phenoxy) is 2. The molecule has 0 spiro atoms. The molecule has 1 N–H and O–H groups in total. The number of nitrogens with one attached hydrogen (secondary N) is 1. The highest BCUT2D eigenvalue weighted by atomic mass is 19.1. The summed E-state index contributed by atoms with van der Waals surface area (Å²) in [5, 5.41) is 3.43. The van der Waals surface area contributed by atoms with Gasteiger partial charge in [-0.3, -0.25) is 0 Å². The van der Waals surface area contributed by atoms with Crippen LogP contribution in [0, 0.1) is 5.82 Å². The summed E-state index contributed by atoms with van der Waals surface area (Å²) in [6.45, 7) is 3.45. The van der Waals surface area contributed by atoms with Gasteiger partial charge in [0.1, 0.15) is 0 Å².